The molecule has 3 rings (SSSR count). The van der Waals surface area contributed by atoms with Crippen molar-refractivity contribution in [2.45, 2.75) is 52.6 Å². The summed E-state index contributed by atoms with van der Waals surface area (Å²) in [5.74, 6) is 0.180. The predicted octanol–water partition coefficient (Wildman–Crippen LogP) is 3.87. The first kappa shape index (κ1) is 22.3. The van der Waals surface area contributed by atoms with Crippen molar-refractivity contribution in [2.75, 3.05) is 33.3 Å². The summed E-state index contributed by atoms with van der Waals surface area (Å²) in [6.45, 7) is 13.9. The van der Waals surface area contributed by atoms with Crippen LogP contribution in [0, 0.1) is 5.82 Å². The average Bonchev–Trinajstić information content (AvgIpc) is 3.15. The van der Waals surface area contributed by atoms with E-state index in [2.05, 4.69) is 44.6 Å². The van der Waals surface area contributed by atoms with E-state index in [9.17, 15) is 9.18 Å². The molecule has 30 heavy (non-hydrogen) atoms. The van der Waals surface area contributed by atoms with Crippen molar-refractivity contribution in [3.05, 3.63) is 47.0 Å². The minimum atomic E-state index is -0.348. The molecule has 1 saturated heterocycles. The molecule has 0 radical (unpaired) electrons. The van der Waals surface area contributed by atoms with Crippen LogP contribution in [0.25, 0.3) is 0 Å². The highest BCUT2D eigenvalue weighted by molar-refractivity contribution is 5.92. The zero-order chi connectivity index (χ0) is 22.1. The van der Waals surface area contributed by atoms with E-state index in [1.165, 1.54) is 13.2 Å². The summed E-state index contributed by atoms with van der Waals surface area (Å²) >= 11 is 0. The zero-order valence-electron chi connectivity index (χ0n) is 18.9. The molecule has 1 aromatic carbocycles. The Morgan fingerprint density at radius 3 is 2.33 bits per heavy atom. The first-order valence-electron chi connectivity index (χ1n) is 10.5. The molecule has 7 heteroatoms. The summed E-state index contributed by atoms with van der Waals surface area (Å²) in [6.07, 6.45) is 0. The molecule has 2 aromatic rings. The SMILES string of the molecule is COc1ccc(CN2CCN(C(=O)c3cc(C(C)C)n(C(C)(C)C)n3)CC2)cc1F. The molecule has 0 unspecified atom stereocenters. The van der Waals surface area contributed by atoms with E-state index in [-0.39, 0.29) is 23.0 Å². The second-order valence-corrected chi connectivity index (χ2v) is 9.23. The monoisotopic (exact) mass is 416 g/mol. The molecule has 6 nitrogen and oxygen atoms in total. The van der Waals surface area contributed by atoms with E-state index in [0.29, 0.717) is 31.2 Å². The van der Waals surface area contributed by atoms with Gasteiger partial charge in [-0.1, -0.05) is 19.9 Å². The largest absolute Gasteiger partial charge is 0.494 e. The molecule has 0 aliphatic carbocycles. The van der Waals surface area contributed by atoms with E-state index in [0.717, 1.165) is 24.3 Å². The first-order chi connectivity index (χ1) is 14.1. The molecule has 164 valence electrons. The molecule has 0 bridgehead atoms. The Morgan fingerprint density at radius 1 is 1.17 bits per heavy atom. The summed E-state index contributed by atoms with van der Waals surface area (Å²) in [4.78, 5) is 17.2. The van der Waals surface area contributed by atoms with Crippen LogP contribution in [0.5, 0.6) is 5.75 Å². The van der Waals surface area contributed by atoms with E-state index in [1.807, 2.05) is 21.7 Å². The lowest BCUT2D eigenvalue weighted by molar-refractivity contribution is 0.0621. The lowest BCUT2D eigenvalue weighted by Crippen LogP contribution is -2.48. The Balaban J connectivity index is 1.64. The number of piperazine rings is 1. The summed E-state index contributed by atoms with van der Waals surface area (Å²) in [5, 5.41) is 4.65. The van der Waals surface area contributed by atoms with Gasteiger partial charge in [-0.2, -0.15) is 5.10 Å². The lowest BCUT2D eigenvalue weighted by Gasteiger charge is -2.34. The number of carbonyl (C=O) groups excluding carboxylic acids is 1. The van der Waals surface area contributed by atoms with Gasteiger partial charge in [0.2, 0.25) is 0 Å². The van der Waals surface area contributed by atoms with Crippen LogP contribution in [-0.2, 0) is 12.1 Å². The smallest absolute Gasteiger partial charge is 0.274 e. The second-order valence-electron chi connectivity index (χ2n) is 9.23. The molecule has 0 saturated carbocycles. The van der Waals surface area contributed by atoms with E-state index >= 15 is 0 Å². The zero-order valence-corrected chi connectivity index (χ0v) is 18.9. The molecule has 1 aromatic heterocycles. The number of benzene rings is 1. The van der Waals surface area contributed by atoms with Crippen LogP contribution < -0.4 is 4.74 Å². The number of ether oxygens (including phenoxy) is 1. The van der Waals surface area contributed by atoms with Crippen molar-refractivity contribution in [3.63, 3.8) is 0 Å². The van der Waals surface area contributed by atoms with Crippen molar-refractivity contribution in [1.29, 1.82) is 0 Å². The van der Waals surface area contributed by atoms with Crippen LogP contribution in [0.1, 0.15) is 62.3 Å². The Hall–Kier alpha value is -2.41. The van der Waals surface area contributed by atoms with Crippen LogP contribution in [0.15, 0.2) is 24.3 Å². The number of carbonyl (C=O) groups is 1. The summed E-state index contributed by atoms with van der Waals surface area (Å²) in [6, 6.07) is 6.99. The van der Waals surface area contributed by atoms with Gasteiger partial charge in [0.25, 0.3) is 5.91 Å². The number of aromatic nitrogens is 2. The molecule has 1 aliphatic heterocycles. The number of rotatable bonds is 5. The highest BCUT2D eigenvalue weighted by atomic mass is 19.1. The summed E-state index contributed by atoms with van der Waals surface area (Å²) < 4.78 is 20.9. The van der Waals surface area contributed by atoms with Crippen LogP contribution in [0.2, 0.25) is 0 Å². The molecule has 1 fully saturated rings. The third kappa shape index (κ3) is 4.83. The Labute approximate surface area is 178 Å². The molecule has 0 atom stereocenters. The van der Waals surface area contributed by atoms with Gasteiger partial charge in [0, 0.05) is 38.4 Å². The van der Waals surface area contributed by atoms with Crippen LogP contribution in [0.3, 0.4) is 0 Å². The third-order valence-electron chi connectivity index (χ3n) is 5.46. The van der Waals surface area contributed by atoms with Gasteiger partial charge in [-0.25, -0.2) is 4.39 Å². The van der Waals surface area contributed by atoms with E-state index in [4.69, 9.17) is 4.74 Å². The fourth-order valence-corrected chi connectivity index (χ4v) is 3.79. The van der Waals surface area contributed by atoms with Gasteiger partial charge in [0.15, 0.2) is 17.3 Å². The quantitative estimate of drug-likeness (QED) is 0.743. The highest BCUT2D eigenvalue weighted by Crippen LogP contribution is 2.24. The molecular formula is C23H33FN4O2. The molecule has 1 aliphatic rings. The van der Waals surface area contributed by atoms with Gasteiger partial charge in [-0.15, -0.1) is 0 Å². The minimum absolute atomic E-state index is 0.0185. The Kier molecular flexibility index (Phi) is 6.50. The fraction of sp³-hybridized carbons (Fsp3) is 0.565. The normalized spacial score (nSPS) is 15.7. The number of halogens is 1. The van der Waals surface area contributed by atoms with Gasteiger partial charge in [-0.3, -0.25) is 14.4 Å². The standard InChI is InChI=1S/C23H33FN4O2/c1-16(2)20-14-19(25-28(20)23(3,4)5)22(29)27-11-9-26(10-12-27)15-17-7-8-21(30-6)18(24)13-17/h7-8,13-14,16H,9-12,15H2,1-6H3. The highest BCUT2D eigenvalue weighted by Gasteiger charge is 2.28. The summed E-state index contributed by atoms with van der Waals surface area (Å²) in [7, 11) is 1.46. The van der Waals surface area contributed by atoms with Gasteiger partial charge in [-0.05, 0) is 50.5 Å². The molecule has 2 heterocycles. The number of amides is 1. The predicted molar refractivity (Wildman–Crippen MR) is 115 cm³/mol. The number of methoxy groups -OCH3 is 1. The fourth-order valence-electron chi connectivity index (χ4n) is 3.79. The third-order valence-corrected chi connectivity index (χ3v) is 5.46. The van der Waals surface area contributed by atoms with E-state index < -0.39 is 0 Å². The van der Waals surface area contributed by atoms with Gasteiger partial charge in [0.1, 0.15) is 0 Å². The Morgan fingerprint density at radius 2 is 1.83 bits per heavy atom. The van der Waals surface area contributed by atoms with Crippen LogP contribution in [-0.4, -0.2) is 58.8 Å². The topological polar surface area (TPSA) is 50.6 Å². The van der Waals surface area contributed by atoms with Crippen molar-refractivity contribution >= 4 is 5.91 Å². The Bertz CT molecular complexity index is 893. The summed E-state index contributed by atoms with van der Waals surface area (Å²) in [5.41, 5.74) is 2.31. The minimum Gasteiger partial charge on any atom is -0.494 e. The molecular weight excluding hydrogens is 383 g/mol. The number of hydrogen-bond donors (Lipinski definition) is 0. The average molecular weight is 417 g/mol. The van der Waals surface area contributed by atoms with Crippen LogP contribution >= 0.6 is 0 Å². The number of nitrogens with zero attached hydrogens (tertiary/aromatic N) is 4. The lowest BCUT2D eigenvalue weighted by atomic mass is 10.1. The maximum Gasteiger partial charge on any atom is 0.274 e. The van der Waals surface area contributed by atoms with E-state index in [1.54, 1.807) is 6.07 Å². The second kappa shape index (κ2) is 8.76. The van der Waals surface area contributed by atoms with Gasteiger partial charge in [0.05, 0.1) is 12.6 Å². The molecule has 0 N–H and O–H groups in total. The maximum atomic E-state index is 13.9. The first-order valence-corrected chi connectivity index (χ1v) is 10.5. The number of hydrogen-bond acceptors (Lipinski definition) is 4. The van der Waals surface area contributed by atoms with Gasteiger partial charge >= 0.3 is 0 Å². The van der Waals surface area contributed by atoms with Crippen molar-refractivity contribution in [2.24, 2.45) is 0 Å². The van der Waals surface area contributed by atoms with Crippen LogP contribution in [0.4, 0.5) is 4.39 Å². The van der Waals surface area contributed by atoms with Crippen molar-refractivity contribution in [3.8, 4) is 5.75 Å². The van der Waals surface area contributed by atoms with Crippen molar-refractivity contribution in [1.82, 2.24) is 19.6 Å². The molecule has 1 amide bonds. The van der Waals surface area contributed by atoms with Crippen molar-refractivity contribution < 1.29 is 13.9 Å². The maximum absolute atomic E-state index is 13.9. The molecule has 0 spiro atoms. The van der Waals surface area contributed by atoms with Gasteiger partial charge < -0.3 is 9.64 Å².